The Morgan fingerprint density at radius 2 is 1.79 bits per heavy atom. The van der Waals surface area contributed by atoms with Gasteiger partial charge in [0.05, 0.1) is 11.4 Å². The smallest absolute Gasteiger partial charge is 0.123 e. The fourth-order valence-corrected chi connectivity index (χ4v) is 2.35. The quantitative estimate of drug-likeness (QED) is 0.599. The zero-order valence-corrected chi connectivity index (χ0v) is 14.4. The molecule has 2 rings (SSSR count). The van der Waals surface area contributed by atoms with Gasteiger partial charge < -0.3 is 4.90 Å². The lowest BCUT2D eigenvalue weighted by molar-refractivity contribution is 0.381. The molecule has 0 radical (unpaired) electrons. The molecule has 1 N–H and O–H groups in total. The highest BCUT2D eigenvalue weighted by Gasteiger charge is 2.09. The second-order valence-electron chi connectivity index (χ2n) is 6.06. The van der Waals surface area contributed by atoms with Crippen LogP contribution < -0.4 is 5.43 Å². The van der Waals surface area contributed by atoms with Gasteiger partial charge in [-0.25, -0.2) is 4.39 Å². The fourth-order valence-electron chi connectivity index (χ4n) is 2.35. The van der Waals surface area contributed by atoms with E-state index >= 15 is 0 Å². The monoisotopic (exact) mass is 325 g/mol. The molecule has 0 unspecified atom stereocenters. The minimum atomic E-state index is -0.229. The summed E-state index contributed by atoms with van der Waals surface area (Å²) in [6, 6.07) is 16.3. The number of allylic oxidation sites excluding steroid dienone is 1. The zero-order valence-electron chi connectivity index (χ0n) is 14.4. The zero-order chi connectivity index (χ0) is 17.4. The molecule has 0 bridgehead atoms. The van der Waals surface area contributed by atoms with Gasteiger partial charge in [0, 0.05) is 12.5 Å². The first kappa shape index (κ1) is 17.9. The number of para-hydroxylation sites is 1. The molecule has 24 heavy (non-hydrogen) atoms. The summed E-state index contributed by atoms with van der Waals surface area (Å²) in [5.41, 5.74) is 5.94. The number of hydrogen-bond donors (Lipinski definition) is 1. The Morgan fingerprint density at radius 3 is 2.42 bits per heavy atom. The van der Waals surface area contributed by atoms with E-state index in [0.29, 0.717) is 0 Å². The number of anilines is 1. The first-order valence-electron chi connectivity index (χ1n) is 8.01. The van der Waals surface area contributed by atoms with Crippen LogP contribution in [-0.2, 0) is 0 Å². The van der Waals surface area contributed by atoms with E-state index in [4.69, 9.17) is 0 Å². The summed E-state index contributed by atoms with van der Waals surface area (Å²) in [5.74, 6) is 0.0284. The van der Waals surface area contributed by atoms with Crippen LogP contribution in [0.15, 0.2) is 65.8 Å². The maximum absolute atomic E-state index is 13.0. The highest BCUT2D eigenvalue weighted by molar-refractivity contribution is 6.00. The van der Waals surface area contributed by atoms with Gasteiger partial charge in [0.25, 0.3) is 0 Å². The SMILES string of the molecule is C[C@@H](CN(C)C)C(/C=C\c1ccc(F)cc1)=N\Nc1ccccc1. The number of hydrogen-bond acceptors (Lipinski definition) is 3. The molecule has 2 aromatic carbocycles. The van der Waals surface area contributed by atoms with Crippen LogP contribution >= 0.6 is 0 Å². The second-order valence-corrected chi connectivity index (χ2v) is 6.06. The maximum atomic E-state index is 13.0. The Kier molecular flexibility index (Phi) is 6.70. The molecule has 2 aromatic rings. The van der Waals surface area contributed by atoms with Crippen molar-refractivity contribution in [2.75, 3.05) is 26.1 Å². The van der Waals surface area contributed by atoms with E-state index in [0.717, 1.165) is 23.5 Å². The molecule has 0 heterocycles. The Balaban J connectivity index is 2.16. The lowest BCUT2D eigenvalue weighted by atomic mass is 10.0. The molecule has 0 aliphatic rings. The van der Waals surface area contributed by atoms with Crippen molar-refractivity contribution in [2.24, 2.45) is 11.0 Å². The second kappa shape index (κ2) is 8.99. The Hall–Kier alpha value is -2.46. The first-order valence-corrected chi connectivity index (χ1v) is 8.01. The average molecular weight is 325 g/mol. The Morgan fingerprint density at radius 1 is 1.12 bits per heavy atom. The van der Waals surface area contributed by atoms with Crippen LogP contribution in [0.4, 0.5) is 10.1 Å². The van der Waals surface area contributed by atoms with Crippen LogP contribution in [0.2, 0.25) is 0 Å². The summed E-state index contributed by atoms with van der Waals surface area (Å²) >= 11 is 0. The third-order valence-electron chi connectivity index (χ3n) is 3.55. The molecule has 3 nitrogen and oxygen atoms in total. The lowest BCUT2D eigenvalue weighted by Crippen LogP contribution is -2.25. The normalized spacial score (nSPS) is 13.5. The third kappa shape index (κ3) is 5.97. The van der Waals surface area contributed by atoms with Crippen LogP contribution in [0, 0.1) is 11.7 Å². The number of hydrazone groups is 1. The lowest BCUT2D eigenvalue weighted by Gasteiger charge is -2.17. The number of nitrogens with one attached hydrogen (secondary N) is 1. The van der Waals surface area contributed by atoms with Gasteiger partial charge in [-0.3, -0.25) is 5.43 Å². The Bertz CT molecular complexity index is 676. The standard InChI is InChI=1S/C20H24FN3/c1-16(15-24(2)3)20(23-22-19-7-5-4-6-8-19)14-11-17-9-12-18(21)13-10-17/h4-14,16,22H,15H2,1-3H3/b14-11-,23-20-/t16-/m0/s1. The van der Waals surface area contributed by atoms with Crippen molar-refractivity contribution in [3.05, 3.63) is 72.1 Å². The first-order chi connectivity index (χ1) is 11.5. The predicted molar refractivity (Wildman–Crippen MR) is 101 cm³/mol. The van der Waals surface area contributed by atoms with Crippen molar-refractivity contribution in [2.45, 2.75) is 6.92 Å². The van der Waals surface area contributed by atoms with Crippen molar-refractivity contribution in [1.29, 1.82) is 0 Å². The summed E-state index contributed by atoms with van der Waals surface area (Å²) in [5, 5.41) is 4.56. The van der Waals surface area contributed by atoms with Gasteiger partial charge in [0.15, 0.2) is 0 Å². The number of nitrogens with zero attached hydrogens (tertiary/aromatic N) is 2. The predicted octanol–water partition coefficient (Wildman–Crippen LogP) is 4.50. The molecule has 0 saturated carbocycles. The summed E-state index contributed by atoms with van der Waals surface area (Å²) < 4.78 is 13.0. The third-order valence-corrected chi connectivity index (χ3v) is 3.55. The van der Waals surface area contributed by atoms with E-state index in [1.807, 2.05) is 56.6 Å². The minimum absolute atomic E-state index is 0.229. The van der Waals surface area contributed by atoms with E-state index in [2.05, 4.69) is 22.4 Å². The van der Waals surface area contributed by atoms with Crippen molar-refractivity contribution in [3.8, 4) is 0 Å². The van der Waals surface area contributed by atoms with Crippen LogP contribution in [0.3, 0.4) is 0 Å². The molecule has 4 heteroatoms. The summed E-state index contributed by atoms with van der Waals surface area (Å²) in [6.07, 6.45) is 3.94. The van der Waals surface area contributed by atoms with Crippen LogP contribution in [0.5, 0.6) is 0 Å². The van der Waals surface area contributed by atoms with Gasteiger partial charge >= 0.3 is 0 Å². The highest BCUT2D eigenvalue weighted by Crippen LogP contribution is 2.10. The minimum Gasteiger partial charge on any atom is -0.309 e. The molecule has 0 aliphatic heterocycles. The molecule has 0 aromatic heterocycles. The van der Waals surface area contributed by atoms with Crippen molar-refractivity contribution >= 4 is 17.5 Å². The summed E-state index contributed by atoms with van der Waals surface area (Å²) in [7, 11) is 4.09. The van der Waals surface area contributed by atoms with Crippen molar-refractivity contribution < 1.29 is 4.39 Å². The Labute approximate surface area is 143 Å². The van der Waals surface area contributed by atoms with Gasteiger partial charge in [0.1, 0.15) is 5.82 Å². The van der Waals surface area contributed by atoms with E-state index in [1.54, 1.807) is 12.1 Å². The van der Waals surface area contributed by atoms with E-state index in [-0.39, 0.29) is 11.7 Å². The van der Waals surface area contributed by atoms with Crippen LogP contribution in [0.25, 0.3) is 6.08 Å². The highest BCUT2D eigenvalue weighted by atomic mass is 19.1. The van der Waals surface area contributed by atoms with E-state index < -0.39 is 0 Å². The molecule has 1 atom stereocenters. The molecule has 126 valence electrons. The number of benzene rings is 2. The topological polar surface area (TPSA) is 27.6 Å². The summed E-state index contributed by atoms with van der Waals surface area (Å²) in [4.78, 5) is 2.13. The molecule has 0 spiro atoms. The van der Waals surface area contributed by atoms with Crippen LogP contribution in [-0.4, -0.2) is 31.3 Å². The van der Waals surface area contributed by atoms with Gasteiger partial charge in [-0.1, -0.05) is 43.3 Å². The van der Waals surface area contributed by atoms with Crippen molar-refractivity contribution in [1.82, 2.24) is 4.90 Å². The average Bonchev–Trinajstić information content (AvgIpc) is 2.56. The largest absolute Gasteiger partial charge is 0.309 e. The van der Waals surface area contributed by atoms with Gasteiger partial charge in [-0.05, 0) is 50.0 Å². The van der Waals surface area contributed by atoms with Crippen molar-refractivity contribution in [3.63, 3.8) is 0 Å². The molecule has 0 aliphatic carbocycles. The van der Waals surface area contributed by atoms with E-state index in [1.165, 1.54) is 12.1 Å². The van der Waals surface area contributed by atoms with Gasteiger partial charge in [-0.15, -0.1) is 0 Å². The van der Waals surface area contributed by atoms with Gasteiger partial charge in [-0.2, -0.15) is 5.10 Å². The molecular weight excluding hydrogens is 301 g/mol. The number of halogens is 1. The van der Waals surface area contributed by atoms with Gasteiger partial charge in [0.2, 0.25) is 0 Å². The van der Waals surface area contributed by atoms with Crippen LogP contribution in [0.1, 0.15) is 12.5 Å². The molecular formula is C20H24FN3. The molecule has 0 amide bonds. The summed E-state index contributed by atoms with van der Waals surface area (Å²) in [6.45, 7) is 3.03. The van der Waals surface area contributed by atoms with E-state index in [9.17, 15) is 4.39 Å². The maximum Gasteiger partial charge on any atom is 0.123 e. The fraction of sp³-hybridized carbons (Fsp3) is 0.250. The number of rotatable bonds is 7. The molecule has 0 saturated heterocycles. The molecule has 0 fully saturated rings.